The number of fused-ring (bicyclic) bond motifs is 1. The van der Waals surface area contributed by atoms with Gasteiger partial charge in [-0.3, -0.25) is 4.79 Å². The number of carbonyl (C=O) groups is 1. The number of hydrogen-bond donors (Lipinski definition) is 0. The number of hydrogen-bond acceptors (Lipinski definition) is 5. The fourth-order valence-electron chi connectivity index (χ4n) is 3.34. The van der Waals surface area contributed by atoms with Crippen LogP contribution >= 0.6 is 11.8 Å². The minimum atomic E-state index is -0.0792. The van der Waals surface area contributed by atoms with Gasteiger partial charge in [0.05, 0.1) is 18.0 Å². The molecule has 5 heteroatoms. The smallest absolute Gasteiger partial charge is 0.310 e. The first kappa shape index (κ1) is 17.1. The molecular formula is C19H24N2O2S. The lowest BCUT2D eigenvalue weighted by Crippen LogP contribution is -2.39. The van der Waals surface area contributed by atoms with E-state index in [4.69, 9.17) is 9.72 Å². The van der Waals surface area contributed by atoms with Gasteiger partial charge in [-0.15, -0.1) is 11.8 Å². The number of carbonyl (C=O) groups excluding carboxylic acids is 1. The van der Waals surface area contributed by atoms with Crippen molar-refractivity contribution in [3.8, 4) is 0 Å². The second-order valence-corrected chi connectivity index (χ2v) is 7.04. The Morgan fingerprint density at radius 3 is 3.04 bits per heavy atom. The number of aryl methyl sites for hydroxylation is 1. The summed E-state index contributed by atoms with van der Waals surface area (Å²) in [7, 11) is 0. The molecule has 0 unspecified atom stereocenters. The molecule has 1 aliphatic heterocycles. The summed E-state index contributed by atoms with van der Waals surface area (Å²) >= 11 is 1.72. The molecule has 0 amide bonds. The Morgan fingerprint density at radius 2 is 2.29 bits per heavy atom. The van der Waals surface area contributed by atoms with Gasteiger partial charge in [0, 0.05) is 23.4 Å². The van der Waals surface area contributed by atoms with Gasteiger partial charge in [0.1, 0.15) is 5.82 Å². The number of para-hydroxylation sites is 1. The number of ether oxygens (including phenoxy) is 1. The van der Waals surface area contributed by atoms with Crippen LogP contribution in [0.15, 0.2) is 29.2 Å². The zero-order chi connectivity index (χ0) is 17.1. The Kier molecular flexibility index (Phi) is 5.29. The predicted molar refractivity (Wildman–Crippen MR) is 99.8 cm³/mol. The lowest BCUT2D eigenvalue weighted by Gasteiger charge is -2.32. The van der Waals surface area contributed by atoms with Crippen LogP contribution in [0, 0.1) is 12.8 Å². The molecule has 0 saturated carbocycles. The Morgan fingerprint density at radius 1 is 1.46 bits per heavy atom. The van der Waals surface area contributed by atoms with Crippen molar-refractivity contribution < 1.29 is 9.53 Å². The van der Waals surface area contributed by atoms with Gasteiger partial charge in [0.2, 0.25) is 0 Å². The third-order valence-corrected chi connectivity index (χ3v) is 5.35. The van der Waals surface area contributed by atoms with Crippen LogP contribution in [-0.2, 0) is 9.53 Å². The molecular weight excluding hydrogens is 320 g/mol. The van der Waals surface area contributed by atoms with Gasteiger partial charge >= 0.3 is 5.97 Å². The van der Waals surface area contributed by atoms with Crippen LogP contribution < -0.4 is 4.90 Å². The molecule has 0 spiro atoms. The maximum absolute atomic E-state index is 12.1. The predicted octanol–water partition coefficient (Wildman–Crippen LogP) is 4.04. The van der Waals surface area contributed by atoms with E-state index in [1.54, 1.807) is 11.8 Å². The highest BCUT2D eigenvalue weighted by Crippen LogP contribution is 2.31. The van der Waals surface area contributed by atoms with E-state index in [1.807, 2.05) is 6.92 Å². The molecule has 1 aliphatic rings. The number of nitrogens with zero attached hydrogens (tertiary/aromatic N) is 2. The van der Waals surface area contributed by atoms with Crippen molar-refractivity contribution >= 4 is 34.5 Å². The molecule has 2 aromatic rings. The van der Waals surface area contributed by atoms with Crippen LogP contribution in [0.3, 0.4) is 0 Å². The fourth-order valence-corrected chi connectivity index (χ4v) is 3.90. The summed E-state index contributed by atoms with van der Waals surface area (Å²) < 4.78 is 5.21. The Labute approximate surface area is 147 Å². The van der Waals surface area contributed by atoms with Gasteiger partial charge in [-0.05, 0) is 50.6 Å². The molecule has 1 aromatic heterocycles. The van der Waals surface area contributed by atoms with Crippen LogP contribution in [0.4, 0.5) is 5.82 Å². The third kappa shape index (κ3) is 3.36. The van der Waals surface area contributed by atoms with Gasteiger partial charge in [-0.2, -0.15) is 0 Å². The lowest BCUT2D eigenvalue weighted by molar-refractivity contribution is -0.148. The molecule has 1 fully saturated rings. The Bertz CT molecular complexity index is 747. The second-order valence-electron chi connectivity index (χ2n) is 6.19. The van der Waals surface area contributed by atoms with E-state index in [1.165, 1.54) is 15.8 Å². The van der Waals surface area contributed by atoms with Crippen molar-refractivity contribution in [3.63, 3.8) is 0 Å². The minimum Gasteiger partial charge on any atom is -0.466 e. The fraction of sp³-hybridized carbons (Fsp3) is 0.474. The molecule has 0 bridgehead atoms. The maximum atomic E-state index is 12.1. The Balaban J connectivity index is 1.92. The molecule has 1 atom stereocenters. The standard InChI is InChI=1S/C19H24N2O2S/c1-4-23-19(22)14-7-6-10-21(12-14)17-11-13(2)15-8-5-9-16(24-3)18(15)20-17/h5,8-9,11,14H,4,6-7,10,12H2,1-3H3/t14-/m0/s1. The largest absolute Gasteiger partial charge is 0.466 e. The third-order valence-electron chi connectivity index (χ3n) is 4.58. The highest BCUT2D eigenvalue weighted by molar-refractivity contribution is 7.98. The van der Waals surface area contributed by atoms with Crippen molar-refractivity contribution in [1.82, 2.24) is 4.98 Å². The topological polar surface area (TPSA) is 42.4 Å². The number of anilines is 1. The number of rotatable bonds is 4. The average molecular weight is 344 g/mol. The van der Waals surface area contributed by atoms with Crippen LogP contribution in [0.25, 0.3) is 10.9 Å². The van der Waals surface area contributed by atoms with E-state index in [0.29, 0.717) is 13.2 Å². The van der Waals surface area contributed by atoms with Crippen LogP contribution in [0.5, 0.6) is 0 Å². The number of aromatic nitrogens is 1. The molecule has 128 valence electrons. The van der Waals surface area contributed by atoms with Gasteiger partial charge in [-0.1, -0.05) is 12.1 Å². The molecule has 1 saturated heterocycles. The highest BCUT2D eigenvalue weighted by Gasteiger charge is 2.27. The molecule has 2 heterocycles. The summed E-state index contributed by atoms with van der Waals surface area (Å²) in [4.78, 5) is 20.4. The summed E-state index contributed by atoms with van der Waals surface area (Å²) in [6.45, 7) is 6.06. The summed E-state index contributed by atoms with van der Waals surface area (Å²) in [5.41, 5.74) is 2.28. The van der Waals surface area contributed by atoms with Gasteiger partial charge in [0.15, 0.2) is 0 Å². The van der Waals surface area contributed by atoms with E-state index in [9.17, 15) is 4.79 Å². The van der Waals surface area contributed by atoms with Crippen molar-refractivity contribution in [2.45, 2.75) is 31.6 Å². The molecule has 0 radical (unpaired) electrons. The van der Waals surface area contributed by atoms with Crippen molar-refractivity contribution in [3.05, 3.63) is 29.8 Å². The van der Waals surface area contributed by atoms with E-state index < -0.39 is 0 Å². The number of piperidine rings is 1. The second kappa shape index (κ2) is 7.43. The van der Waals surface area contributed by atoms with Gasteiger partial charge in [-0.25, -0.2) is 4.98 Å². The molecule has 0 N–H and O–H groups in total. The van der Waals surface area contributed by atoms with Gasteiger partial charge in [0.25, 0.3) is 0 Å². The first-order valence-corrected chi connectivity index (χ1v) is 9.72. The van der Waals surface area contributed by atoms with Crippen molar-refractivity contribution in [2.24, 2.45) is 5.92 Å². The zero-order valence-corrected chi connectivity index (χ0v) is 15.4. The first-order chi connectivity index (χ1) is 11.6. The average Bonchev–Trinajstić information content (AvgIpc) is 2.61. The number of thioether (sulfide) groups is 1. The number of pyridine rings is 1. The summed E-state index contributed by atoms with van der Waals surface area (Å²) in [5.74, 6) is 0.840. The quantitative estimate of drug-likeness (QED) is 0.618. The van der Waals surface area contributed by atoms with Crippen LogP contribution in [0.1, 0.15) is 25.3 Å². The lowest BCUT2D eigenvalue weighted by atomic mass is 9.98. The maximum Gasteiger partial charge on any atom is 0.310 e. The van der Waals surface area contributed by atoms with Crippen molar-refractivity contribution in [2.75, 3.05) is 30.9 Å². The monoisotopic (exact) mass is 344 g/mol. The molecule has 3 rings (SSSR count). The van der Waals surface area contributed by atoms with Crippen LogP contribution in [-0.4, -0.2) is 36.9 Å². The van der Waals surface area contributed by atoms with E-state index >= 15 is 0 Å². The number of esters is 1. The van der Waals surface area contributed by atoms with E-state index in [-0.39, 0.29) is 11.9 Å². The molecule has 4 nitrogen and oxygen atoms in total. The molecule has 1 aromatic carbocycles. The number of benzene rings is 1. The van der Waals surface area contributed by atoms with E-state index in [2.05, 4.69) is 42.3 Å². The molecule has 24 heavy (non-hydrogen) atoms. The zero-order valence-electron chi connectivity index (χ0n) is 14.5. The summed E-state index contributed by atoms with van der Waals surface area (Å²) in [6, 6.07) is 8.46. The summed E-state index contributed by atoms with van der Waals surface area (Å²) in [5, 5.41) is 1.20. The highest BCUT2D eigenvalue weighted by atomic mass is 32.2. The minimum absolute atomic E-state index is 0.0488. The SMILES string of the molecule is CCOC(=O)[C@H]1CCCN(c2cc(C)c3cccc(SC)c3n2)C1. The Hall–Kier alpha value is -1.75. The molecule has 0 aliphatic carbocycles. The van der Waals surface area contributed by atoms with Crippen LogP contribution in [0.2, 0.25) is 0 Å². The van der Waals surface area contributed by atoms with E-state index in [0.717, 1.165) is 30.7 Å². The van der Waals surface area contributed by atoms with Crippen molar-refractivity contribution in [1.29, 1.82) is 0 Å². The summed E-state index contributed by atoms with van der Waals surface area (Å²) in [6.07, 6.45) is 3.97. The van der Waals surface area contributed by atoms with Gasteiger partial charge < -0.3 is 9.64 Å². The first-order valence-electron chi connectivity index (χ1n) is 8.50. The normalized spacial score (nSPS) is 18.0.